The number of hydrogen-bond donors (Lipinski definition) is 0. The van der Waals surface area contributed by atoms with Gasteiger partial charge in [-0.3, -0.25) is 0 Å². The Kier molecular flexibility index (Phi) is 6.90. The van der Waals surface area contributed by atoms with Crippen molar-refractivity contribution in [1.29, 1.82) is 0 Å². The average Bonchev–Trinajstić information content (AvgIpc) is 3.76. The SMILES string of the molecule is c1ccc(-c2ccc3c(c2)c2cc(-c4ccc5c(c4)c4ccccc4n5-c4ccccc4-c4ccccc4)ccc2n3-c2ccc3ccccc3c2)cc1. The molecule has 0 unspecified atom stereocenters. The standard InChI is InChI=1S/C52H34N2/c1-3-13-35(14-4-1)39-24-28-50-46(32-39)47-34-41(25-29-51(47)53(50)42-27-23-36-15-7-8-18-38(36)31-42)40-26-30-52-45(33-40)44-20-10-12-22-49(44)54(52)48-21-11-9-19-43(48)37-16-5-2-6-17-37/h1-34H. The van der Waals surface area contributed by atoms with E-state index in [1.807, 2.05) is 0 Å². The van der Waals surface area contributed by atoms with Crippen molar-refractivity contribution in [2.45, 2.75) is 0 Å². The third kappa shape index (κ3) is 4.81. The van der Waals surface area contributed by atoms with Gasteiger partial charge in [-0.05, 0) is 99.3 Å². The molecule has 2 nitrogen and oxygen atoms in total. The molecule has 0 saturated carbocycles. The molecule has 0 amide bonds. The fourth-order valence-corrected chi connectivity index (χ4v) is 8.55. The largest absolute Gasteiger partial charge is 0.309 e. The third-order valence-electron chi connectivity index (χ3n) is 11.1. The number of benzene rings is 9. The lowest BCUT2D eigenvalue weighted by molar-refractivity contribution is 1.18. The monoisotopic (exact) mass is 686 g/mol. The van der Waals surface area contributed by atoms with Crippen LogP contribution >= 0.6 is 0 Å². The topological polar surface area (TPSA) is 9.86 Å². The van der Waals surface area contributed by atoms with Gasteiger partial charge in [-0.2, -0.15) is 0 Å². The zero-order valence-corrected chi connectivity index (χ0v) is 29.5. The van der Waals surface area contributed by atoms with Gasteiger partial charge < -0.3 is 9.13 Å². The van der Waals surface area contributed by atoms with E-state index in [4.69, 9.17) is 0 Å². The van der Waals surface area contributed by atoms with E-state index in [9.17, 15) is 0 Å². The second-order valence-electron chi connectivity index (χ2n) is 14.2. The van der Waals surface area contributed by atoms with Gasteiger partial charge in [0, 0.05) is 32.8 Å². The van der Waals surface area contributed by atoms with Crippen LogP contribution in [0.3, 0.4) is 0 Å². The molecule has 252 valence electrons. The first-order chi connectivity index (χ1) is 26.8. The molecule has 11 rings (SSSR count). The van der Waals surface area contributed by atoms with E-state index in [0.29, 0.717) is 0 Å². The lowest BCUT2D eigenvalue weighted by Crippen LogP contribution is -1.97. The summed E-state index contributed by atoms with van der Waals surface area (Å²) < 4.78 is 4.86. The van der Waals surface area contributed by atoms with Gasteiger partial charge in [0.1, 0.15) is 0 Å². The van der Waals surface area contributed by atoms with Crippen molar-refractivity contribution in [2.24, 2.45) is 0 Å². The van der Waals surface area contributed by atoms with Crippen LogP contribution in [-0.4, -0.2) is 9.13 Å². The van der Waals surface area contributed by atoms with Crippen LogP contribution in [-0.2, 0) is 0 Å². The molecular weight excluding hydrogens is 653 g/mol. The van der Waals surface area contributed by atoms with E-state index in [1.165, 1.54) is 99.1 Å². The van der Waals surface area contributed by atoms with Gasteiger partial charge in [0.2, 0.25) is 0 Å². The molecule has 2 aromatic heterocycles. The molecule has 0 aliphatic heterocycles. The maximum atomic E-state index is 2.43. The summed E-state index contributed by atoms with van der Waals surface area (Å²) in [5.74, 6) is 0. The lowest BCUT2D eigenvalue weighted by atomic mass is 9.99. The van der Waals surface area contributed by atoms with Gasteiger partial charge in [-0.15, -0.1) is 0 Å². The zero-order chi connectivity index (χ0) is 35.6. The van der Waals surface area contributed by atoms with E-state index in [2.05, 4.69) is 215 Å². The van der Waals surface area contributed by atoms with E-state index in [0.717, 1.165) is 0 Å². The fourth-order valence-electron chi connectivity index (χ4n) is 8.55. The van der Waals surface area contributed by atoms with Gasteiger partial charge in [0.05, 0.1) is 27.8 Å². The highest BCUT2D eigenvalue weighted by molar-refractivity contribution is 6.13. The minimum atomic E-state index is 1.17. The summed E-state index contributed by atoms with van der Waals surface area (Å²) in [6, 6.07) is 75.3. The summed E-state index contributed by atoms with van der Waals surface area (Å²) in [6.45, 7) is 0. The minimum Gasteiger partial charge on any atom is -0.309 e. The maximum Gasteiger partial charge on any atom is 0.0541 e. The second-order valence-corrected chi connectivity index (χ2v) is 14.2. The van der Waals surface area contributed by atoms with E-state index in [-0.39, 0.29) is 0 Å². The van der Waals surface area contributed by atoms with E-state index < -0.39 is 0 Å². The van der Waals surface area contributed by atoms with Gasteiger partial charge >= 0.3 is 0 Å². The molecule has 0 bridgehead atoms. The molecular formula is C52H34N2. The van der Waals surface area contributed by atoms with Gasteiger partial charge in [0.25, 0.3) is 0 Å². The lowest BCUT2D eigenvalue weighted by Gasteiger charge is -2.14. The van der Waals surface area contributed by atoms with Crippen molar-refractivity contribution in [3.8, 4) is 44.8 Å². The first-order valence-corrected chi connectivity index (χ1v) is 18.6. The van der Waals surface area contributed by atoms with Crippen LogP contribution in [0.25, 0.3) is 99.1 Å². The molecule has 0 spiro atoms. The Balaban J connectivity index is 1.12. The van der Waals surface area contributed by atoms with Crippen molar-refractivity contribution < 1.29 is 0 Å². The molecule has 0 aliphatic carbocycles. The highest BCUT2D eigenvalue weighted by atomic mass is 15.0. The smallest absolute Gasteiger partial charge is 0.0541 e. The van der Waals surface area contributed by atoms with Crippen LogP contribution in [0.15, 0.2) is 206 Å². The number of hydrogen-bond acceptors (Lipinski definition) is 0. The maximum absolute atomic E-state index is 2.43. The molecule has 11 aromatic rings. The third-order valence-corrected chi connectivity index (χ3v) is 11.1. The minimum absolute atomic E-state index is 1.17. The number of para-hydroxylation sites is 2. The van der Waals surface area contributed by atoms with Crippen molar-refractivity contribution in [3.05, 3.63) is 206 Å². The summed E-state index contributed by atoms with van der Waals surface area (Å²) in [4.78, 5) is 0. The molecule has 2 heterocycles. The van der Waals surface area contributed by atoms with Crippen molar-refractivity contribution in [2.75, 3.05) is 0 Å². The summed E-state index contributed by atoms with van der Waals surface area (Å²) in [6.07, 6.45) is 0. The summed E-state index contributed by atoms with van der Waals surface area (Å²) in [7, 11) is 0. The molecule has 54 heavy (non-hydrogen) atoms. The van der Waals surface area contributed by atoms with Crippen LogP contribution in [0.1, 0.15) is 0 Å². The normalized spacial score (nSPS) is 11.7. The summed E-state index contributed by atoms with van der Waals surface area (Å²) >= 11 is 0. The van der Waals surface area contributed by atoms with Gasteiger partial charge in [-0.25, -0.2) is 0 Å². The highest BCUT2D eigenvalue weighted by Gasteiger charge is 2.18. The Morgan fingerprint density at radius 2 is 0.759 bits per heavy atom. The molecule has 0 fully saturated rings. The number of aromatic nitrogens is 2. The van der Waals surface area contributed by atoms with Gasteiger partial charge in [0.15, 0.2) is 0 Å². The molecule has 0 radical (unpaired) electrons. The fraction of sp³-hybridized carbons (Fsp3) is 0. The average molecular weight is 687 g/mol. The molecule has 0 N–H and O–H groups in total. The second kappa shape index (κ2) is 12.2. The van der Waals surface area contributed by atoms with Crippen LogP contribution in [0, 0.1) is 0 Å². The summed E-state index contributed by atoms with van der Waals surface area (Å²) in [5.41, 5.74) is 14.4. The Labute approximate surface area is 313 Å². The van der Waals surface area contributed by atoms with Crippen LogP contribution < -0.4 is 0 Å². The summed E-state index contributed by atoms with van der Waals surface area (Å²) in [5, 5.41) is 7.47. The molecule has 9 aromatic carbocycles. The number of rotatable bonds is 5. The molecule has 2 heteroatoms. The van der Waals surface area contributed by atoms with Crippen molar-refractivity contribution in [3.63, 3.8) is 0 Å². The zero-order valence-electron chi connectivity index (χ0n) is 29.5. The van der Waals surface area contributed by atoms with Crippen LogP contribution in [0.2, 0.25) is 0 Å². The predicted molar refractivity (Wildman–Crippen MR) is 229 cm³/mol. The highest BCUT2D eigenvalue weighted by Crippen LogP contribution is 2.41. The van der Waals surface area contributed by atoms with Crippen molar-refractivity contribution >= 4 is 54.4 Å². The Morgan fingerprint density at radius 3 is 1.46 bits per heavy atom. The molecule has 0 saturated heterocycles. The predicted octanol–water partition coefficient (Wildman–Crippen LogP) is 14.0. The first kappa shape index (κ1) is 30.5. The quantitative estimate of drug-likeness (QED) is 0.171. The van der Waals surface area contributed by atoms with Crippen molar-refractivity contribution in [1.82, 2.24) is 9.13 Å². The van der Waals surface area contributed by atoms with E-state index >= 15 is 0 Å². The Hall–Kier alpha value is -7.16. The van der Waals surface area contributed by atoms with Crippen LogP contribution in [0.4, 0.5) is 0 Å². The first-order valence-electron chi connectivity index (χ1n) is 18.6. The number of nitrogens with zero attached hydrogens (tertiary/aromatic N) is 2. The Bertz CT molecular complexity index is 3200. The Morgan fingerprint density at radius 1 is 0.259 bits per heavy atom. The van der Waals surface area contributed by atoms with E-state index in [1.54, 1.807) is 0 Å². The van der Waals surface area contributed by atoms with Crippen LogP contribution in [0.5, 0.6) is 0 Å². The molecule has 0 aliphatic rings. The molecule has 0 atom stereocenters. The number of fused-ring (bicyclic) bond motifs is 7. The van der Waals surface area contributed by atoms with Gasteiger partial charge in [-0.1, -0.05) is 146 Å².